The average Bonchev–Trinajstić information content (AvgIpc) is 2.75. The van der Waals surface area contributed by atoms with Gasteiger partial charge in [0.05, 0.1) is 12.1 Å². The molecule has 1 aromatic heterocycles. The lowest BCUT2D eigenvalue weighted by Crippen LogP contribution is -2.44. The molecule has 5 nitrogen and oxygen atoms in total. The van der Waals surface area contributed by atoms with Crippen LogP contribution in [0, 0.1) is 12.7 Å². The summed E-state index contributed by atoms with van der Waals surface area (Å²) in [5.74, 6) is -0.490. The van der Waals surface area contributed by atoms with Gasteiger partial charge in [-0.05, 0) is 25.0 Å². The standard InChI is InChI=1S/C24H28FN3O2/c1-3-4-10-15-27-17(2)22(19-13-8-9-14-20(19)25)23(29)28(24(27)30)16-21(26)18-11-6-5-7-12-18/h5-9,11-14,21H,3-4,10,15-16,26H2,1-2H3/t21-/m0/s1. The topological polar surface area (TPSA) is 70.0 Å². The molecule has 0 aliphatic heterocycles. The molecule has 2 aromatic carbocycles. The van der Waals surface area contributed by atoms with Crippen molar-refractivity contribution in [1.82, 2.24) is 9.13 Å². The Morgan fingerprint density at radius 2 is 1.63 bits per heavy atom. The van der Waals surface area contributed by atoms with Gasteiger partial charge in [0.15, 0.2) is 0 Å². The van der Waals surface area contributed by atoms with E-state index in [0.29, 0.717) is 12.2 Å². The van der Waals surface area contributed by atoms with Crippen LogP contribution in [0.15, 0.2) is 64.2 Å². The normalized spacial score (nSPS) is 12.1. The number of nitrogens with two attached hydrogens (primary N) is 1. The van der Waals surface area contributed by atoms with E-state index in [4.69, 9.17) is 5.73 Å². The first-order valence-corrected chi connectivity index (χ1v) is 10.3. The highest BCUT2D eigenvalue weighted by Gasteiger charge is 2.21. The summed E-state index contributed by atoms with van der Waals surface area (Å²) in [6.07, 6.45) is 2.77. The van der Waals surface area contributed by atoms with Crippen LogP contribution < -0.4 is 17.0 Å². The summed E-state index contributed by atoms with van der Waals surface area (Å²) in [6, 6.07) is 15.0. The lowest BCUT2D eigenvalue weighted by atomic mass is 10.0. The van der Waals surface area contributed by atoms with E-state index in [1.165, 1.54) is 6.07 Å². The fourth-order valence-electron chi connectivity index (χ4n) is 3.72. The van der Waals surface area contributed by atoms with Gasteiger partial charge >= 0.3 is 5.69 Å². The van der Waals surface area contributed by atoms with Crippen LogP contribution in [0.1, 0.15) is 43.5 Å². The molecule has 0 fully saturated rings. The molecule has 6 heteroatoms. The predicted molar refractivity (Wildman–Crippen MR) is 118 cm³/mol. The summed E-state index contributed by atoms with van der Waals surface area (Å²) in [5, 5.41) is 0. The van der Waals surface area contributed by atoms with Gasteiger partial charge in [-0.1, -0.05) is 68.3 Å². The van der Waals surface area contributed by atoms with E-state index in [1.807, 2.05) is 30.3 Å². The lowest BCUT2D eigenvalue weighted by Gasteiger charge is -2.20. The summed E-state index contributed by atoms with van der Waals surface area (Å²) in [5.41, 5.74) is 7.12. The van der Waals surface area contributed by atoms with Gasteiger partial charge in [-0.2, -0.15) is 0 Å². The van der Waals surface area contributed by atoms with Crippen molar-refractivity contribution in [2.45, 2.75) is 52.2 Å². The molecule has 0 saturated carbocycles. The Morgan fingerprint density at radius 3 is 2.30 bits per heavy atom. The molecule has 3 rings (SSSR count). The maximum Gasteiger partial charge on any atom is 0.331 e. The number of halogens is 1. The van der Waals surface area contributed by atoms with Crippen LogP contribution >= 0.6 is 0 Å². The predicted octanol–water partition coefficient (Wildman–Crippen LogP) is 4.01. The highest BCUT2D eigenvalue weighted by atomic mass is 19.1. The minimum atomic E-state index is -0.531. The number of aromatic nitrogens is 2. The van der Waals surface area contributed by atoms with Crippen LogP contribution in [0.2, 0.25) is 0 Å². The monoisotopic (exact) mass is 409 g/mol. The summed E-state index contributed by atoms with van der Waals surface area (Å²) in [6.45, 7) is 4.29. The van der Waals surface area contributed by atoms with E-state index in [1.54, 1.807) is 29.7 Å². The van der Waals surface area contributed by atoms with E-state index >= 15 is 0 Å². The quantitative estimate of drug-likeness (QED) is 0.572. The molecule has 2 N–H and O–H groups in total. The molecule has 1 atom stereocenters. The fraction of sp³-hybridized carbons (Fsp3) is 0.333. The number of nitrogens with zero attached hydrogens (tertiary/aromatic N) is 2. The molecule has 0 bridgehead atoms. The highest BCUT2D eigenvalue weighted by Crippen LogP contribution is 2.22. The van der Waals surface area contributed by atoms with Gasteiger partial charge in [0.25, 0.3) is 5.56 Å². The van der Waals surface area contributed by atoms with Crippen molar-refractivity contribution in [2.24, 2.45) is 5.73 Å². The minimum absolute atomic E-state index is 0.0250. The molecule has 0 radical (unpaired) electrons. The van der Waals surface area contributed by atoms with Crippen molar-refractivity contribution in [3.8, 4) is 11.1 Å². The first-order chi connectivity index (χ1) is 14.5. The summed E-state index contributed by atoms with van der Waals surface area (Å²) < 4.78 is 17.3. The van der Waals surface area contributed by atoms with Crippen molar-refractivity contribution in [3.63, 3.8) is 0 Å². The first-order valence-electron chi connectivity index (χ1n) is 10.3. The molecule has 3 aromatic rings. The molecule has 1 heterocycles. The Kier molecular flexibility index (Phi) is 7.00. The maximum absolute atomic E-state index is 14.6. The molecule has 0 saturated heterocycles. The van der Waals surface area contributed by atoms with Crippen LogP contribution in [0.4, 0.5) is 4.39 Å². The Hall–Kier alpha value is -2.99. The van der Waals surface area contributed by atoms with Gasteiger partial charge in [0.2, 0.25) is 0 Å². The third kappa shape index (κ3) is 4.44. The van der Waals surface area contributed by atoms with Gasteiger partial charge < -0.3 is 5.73 Å². The molecule has 158 valence electrons. The zero-order valence-electron chi connectivity index (χ0n) is 17.5. The second-order valence-corrected chi connectivity index (χ2v) is 7.51. The van der Waals surface area contributed by atoms with Gasteiger partial charge in [0, 0.05) is 23.8 Å². The van der Waals surface area contributed by atoms with Gasteiger partial charge in [-0.15, -0.1) is 0 Å². The molecular weight excluding hydrogens is 381 g/mol. The molecule has 0 aliphatic carbocycles. The smallest absolute Gasteiger partial charge is 0.322 e. The molecule has 0 aliphatic rings. The molecule has 0 spiro atoms. The van der Waals surface area contributed by atoms with Crippen molar-refractivity contribution < 1.29 is 4.39 Å². The van der Waals surface area contributed by atoms with Crippen LogP contribution in [-0.4, -0.2) is 9.13 Å². The van der Waals surface area contributed by atoms with Crippen molar-refractivity contribution in [1.29, 1.82) is 0 Å². The zero-order valence-corrected chi connectivity index (χ0v) is 17.5. The van der Waals surface area contributed by atoms with E-state index in [9.17, 15) is 14.0 Å². The zero-order chi connectivity index (χ0) is 21.7. The average molecular weight is 410 g/mol. The summed E-state index contributed by atoms with van der Waals surface area (Å²) >= 11 is 0. The van der Waals surface area contributed by atoms with Crippen molar-refractivity contribution >= 4 is 0 Å². The Labute approximate surface area is 175 Å². The molecule has 30 heavy (non-hydrogen) atoms. The van der Waals surface area contributed by atoms with E-state index in [2.05, 4.69) is 6.92 Å². The number of unbranched alkanes of at least 4 members (excludes halogenated alkanes) is 2. The SMILES string of the molecule is CCCCCn1c(C)c(-c2ccccc2F)c(=O)n(C[C@H](N)c2ccccc2)c1=O. The van der Waals surface area contributed by atoms with Gasteiger partial charge in [-0.3, -0.25) is 13.9 Å². The Balaban J connectivity index is 2.17. The third-order valence-electron chi connectivity index (χ3n) is 5.42. The van der Waals surface area contributed by atoms with E-state index in [-0.39, 0.29) is 17.7 Å². The second-order valence-electron chi connectivity index (χ2n) is 7.51. The Bertz CT molecular complexity index is 1120. The van der Waals surface area contributed by atoms with Gasteiger partial charge in [0.1, 0.15) is 5.82 Å². The Morgan fingerprint density at radius 1 is 0.967 bits per heavy atom. The summed E-state index contributed by atoms with van der Waals surface area (Å²) in [7, 11) is 0. The lowest BCUT2D eigenvalue weighted by molar-refractivity contribution is 0.484. The van der Waals surface area contributed by atoms with E-state index in [0.717, 1.165) is 29.4 Å². The molecular formula is C24H28FN3O2. The van der Waals surface area contributed by atoms with Crippen LogP contribution in [0.3, 0.4) is 0 Å². The minimum Gasteiger partial charge on any atom is -0.322 e. The molecule has 0 amide bonds. The van der Waals surface area contributed by atoms with Crippen LogP contribution in [0.25, 0.3) is 11.1 Å². The third-order valence-corrected chi connectivity index (χ3v) is 5.42. The first kappa shape index (κ1) is 21.7. The van der Waals surface area contributed by atoms with Crippen LogP contribution in [-0.2, 0) is 13.1 Å². The fourth-order valence-corrected chi connectivity index (χ4v) is 3.72. The number of hydrogen-bond acceptors (Lipinski definition) is 3. The maximum atomic E-state index is 14.6. The molecule has 0 unspecified atom stereocenters. The summed E-state index contributed by atoms with van der Waals surface area (Å²) in [4.78, 5) is 26.6. The van der Waals surface area contributed by atoms with Gasteiger partial charge in [-0.25, -0.2) is 9.18 Å². The van der Waals surface area contributed by atoms with Crippen LogP contribution in [0.5, 0.6) is 0 Å². The highest BCUT2D eigenvalue weighted by molar-refractivity contribution is 5.65. The van der Waals surface area contributed by atoms with Crippen molar-refractivity contribution in [2.75, 3.05) is 0 Å². The number of benzene rings is 2. The van der Waals surface area contributed by atoms with E-state index < -0.39 is 23.1 Å². The number of hydrogen-bond donors (Lipinski definition) is 1. The second kappa shape index (κ2) is 9.67. The number of rotatable bonds is 8. The largest absolute Gasteiger partial charge is 0.331 e. The van der Waals surface area contributed by atoms with Crippen molar-refractivity contribution in [3.05, 3.63) is 92.5 Å².